The normalized spacial score (nSPS) is 11.8. The summed E-state index contributed by atoms with van der Waals surface area (Å²) in [4.78, 5) is 0. The van der Waals surface area contributed by atoms with Gasteiger partial charge in [-0.25, -0.2) is 8.78 Å². The van der Waals surface area contributed by atoms with Crippen LogP contribution in [0.15, 0.2) is 84.9 Å². The summed E-state index contributed by atoms with van der Waals surface area (Å²) in [5.74, 6) is -0.789. The number of rotatable bonds is 4. The van der Waals surface area contributed by atoms with E-state index in [1.807, 2.05) is 36.4 Å². The minimum Gasteiger partial charge on any atom is -0.207 e. The molecule has 0 aliphatic rings. The van der Waals surface area contributed by atoms with Crippen LogP contribution in [0.1, 0.15) is 22.6 Å². The van der Waals surface area contributed by atoms with E-state index in [4.69, 9.17) is 11.6 Å². The van der Waals surface area contributed by atoms with E-state index < -0.39 is 0 Å². The molecule has 3 aromatic carbocycles. The van der Waals surface area contributed by atoms with Gasteiger partial charge in [0, 0.05) is 11.0 Å². The number of allylic oxidation sites excluding steroid dienone is 1. The Kier molecular flexibility index (Phi) is 5.07. The van der Waals surface area contributed by atoms with Crippen molar-refractivity contribution in [1.82, 2.24) is 0 Å². The molecule has 3 heteroatoms. The summed E-state index contributed by atoms with van der Waals surface area (Å²) in [7, 11) is 0. The van der Waals surface area contributed by atoms with Gasteiger partial charge in [0.05, 0.1) is 0 Å². The minimum atomic E-state index is -0.297. The highest BCUT2D eigenvalue weighted by Gasteiger charge is 2.13. The molecule has 0 radical (unpaired) electrons. The Morgan fingerprint density at radius 2 is 1.17 bits per heavy atom. The molecule has 0 heterocycles. The molecular formula is C21H15ClF2. The number of benzene rings is 3. The summed E-state index contributed by atoms with van der Waals surface area (Å²) < 4.78 is 26.5. The highest BCUT2D eigenvalue weighted by atomic mass is 35.5. The van der Waals surface area contributed by atoms with Crippen molar-refractivity contribution in [2.75, 3.05) is 0 Å². The van der Waals surface area contributed by atoms with Crippen molar-refractivity contribution in [1.29, 1.82) is 0 Å². The first-order valence-electron chi connectivity index (χ1n) is 7.57. The van der Waals surface area contributed by atoms with Crippen LogP contribution in [0, 0.1) is 11.6 Å². The van der Waals surface area contributed by atoms with E-state index in [1.54, 1.807) is 24.3 Å². The van der Waals surface area contributed by atoms with Gasteiger partial charge in [-0.15, -0.1) is 0 Å². The quantitative estimate of drug-likeness (QED) is 0.517. The molecule has 0 spiro atoms. The van der Waals surface area contributed by atoms with Crippen LogP contribution in [0.5, 0.6) is 0 Å². The van der Waals surface area contributed by atoms with Crippen molar-refractivity contribution >= 4 is 16.6 Å². The van der Waals surface area contributed by atoms with Crippen molar-refractivity contribution in [2.45, 2.75) is 5.92 Å². The average molecular weight is 341 g/mol. The first kappa shape index (κ1) is 16.4. The van der Waals surface area contributed by atoms with Crippen LogP contribution in [0.3, 0.4) is 0 Å². The van der Waals surface area contributed by atoms with Gasteiger partial charge >= 0.3 is 0 Å². The Morgan fingerprint density at radius 1 is 0.708 bits per heavy atom. The number of hydrogen-bond acceptors (Lipinski definition) is 0. The number of hydrogen-bond donors (Lipinski definition) is 0. The van der Waals surface area contributed by atoms with Gasteiger partial charge in [0.25, 0.3) is 0 Å². The summed E-state index contributed by atoms with van der Waals surface area (Å²) in [6.07, 6.45) is 1.90. The Morgan fingerprint density at radius 3 is 1.62 bits per heavy atom. The maximum Gasteiger partial charge on any atom is 0.123 e. The first-order chi connectivity index (χ1) is 11.6. The Hall–Kier alpha value is -2.45. The lowest BCUT2D eigenvalue weighted by atomic mass is 9.90. The molecule has 0 fully saturated rings. The Balaban J connectivity index is 2.04. The van der Waals surface area contributed by atoms with Gasteiger partial charge in [-0.3, -0.25) is 0 Å². The Labute approximate surface area is 145 Å². The topological polar surface area (TPSA) is 0 Å². The van der Waals surface area contributed by atoms with Crippen LogP contribution >= 0.6 is 11.6 Å². The van der Waals surface area contributed by atoms with Crippen LogP contribution in [0.4, 0.5) is 8.78 Å². The third-order valence-electron chi connectivity index (χ3n) is 3.82. The molecule has 0 nitrogen and oxygen atoms in total. The summed E-state index contributed by atoms with van der Waals surface area (Å²) in [6.45, 7) is 0. The molecular weight excluding hydrogens is 326 g/mol. The van der Waals surface area contributed by atoms with E-state index in [0.29, 0.717) is 5.03 Å². The lowest BCUT2D eigenvalue weighted by Crippen LogP contribution is -1.99. The van der Waals surface area contributed by atoms with E-state index in [-0.39, 0.29) is 17.6 Å². The molecule has 120 valence electrons. The fraction of sp³-hybridized carbons (Fsp3) is 0.0476. The largest absolute Gasteiger partial charge is 0.207 e. The smallest absolute Gasteiger partial charge is 0.123 e. The number of halogens is 3. The van der Waals surface area contributed by atoms with Crippen molar-refractivity contribution in [3.05, 3.63) is 113 Å². The van der Waals surface area contributed by atoms with Crippen molar-refractivity contribution < 1.29 is 8.78 Å². The summed E-state index contributed by atoms with van der Waals surface area (Å²) in [5, 5.41) is 0.592. The predicted molar refractivity (Wildman–Crippen MR) is 94.9 cm³/mol. The molecule has 24 heavy (non-hydrogen) atoms. The zero-order valence-electron chi connectivity index (χ0n) is 12.8. The van der Waals surface area contributed by atoms with Crippen LogP contribution in [-0.2, 0) is 0 Å². The highest BCUT2D eigenvalue weighted by Crippen LogP contribution is 2.31. The molecule has 0 aromatic heterocycles. The molecule has 0 amide bonds. The maximum atomic E-state index is 13.2. The molecule has 0 unspecified atom stereocenters. The second-order valence-corrected chi connectivity index (χ2v) is 5.87. The molecule has 0 aliphatic heterocycles. The lowest BCUT2D eigenvalue weighted by molar-refractivity contribution is 0.626. The molecule has 0 saturated heterocycles. The molecule has 0 aliphatic carbocycles. The van der Waals surface area contributed by atoms with Crippen molar-refractivity contribution in [3.8, 4) is 0 Å². The van der Waals surface area contributed by atoms with Crippen LogP contribution in [-0.4, -0.2) is 0 Å². The van der Waals surface area contributed by atoms with Crippen LogP contribution in [0.25, 0.3) is 5.03 Å². The van der Waals surface area contributed by atoms with E-state index in [1.165, 1.54) is 24.3 Å². The summed E-state index contributed by atoms with van der Waals surface area (Å²) in [6, 6.07) is 22.1. The molecule has 0 N–H and O–H groups in total. The SMILES string of the molecule is Fc1ccc(C(/C=C(/Cl)c2ccccc2)c2ccc(F)cc2)cc1. The first-order valence-corrected chi connectivity index (χ1v) is 7.95. The van der Waals surface area contributed by atoms with Gasteiger partial charge in [-0.2, -0.15) is 0 Å². The second kappa shape index (κ2) is 7.41. The Bertz CT molecular complexity index is 776. The standard InChI is InChI=1S/C21H15ClF2/c22-21(17-4-2-1-3-5-17)14-20(15-6-10-18(23)11-7-15)16-8-12-19(24)13-9-16/h1-14,20H/b21-14+. The fourth-order valence-corrected chi connectivity index (χ4v) is 2.82. The van der Waals surface area contributed by atoms with E-state index in [0.717, 1.165) is 16.7 Å². The van der Waals surface area contributed by atoms with Crippen molar-refractivity contribution in [2.24, 2.45) is 0 Å². The van der Waals surface area contributed by atoms with Gasteiger partial charge in [-0.05, 0) is 41.0 Å². The van der Waals surface area contributed by atoms with Gasteiger partial charge in [0.1, 0.15) is 11.6 Å². The average Bonchev–Trinajstić information content (AvgIpc) is 2.62. The van der Waals surface area contributed by atoms with E-state index in [2.05, 4.69) is 0 Å². The summed E-state index contributed by atoms with van der Waals surface area (Å²) >= 11 is 6.48. The van der Waals surface area contributed by atoms with Crippen molar-refractivity contribution in [3.63, 3.8) is 0 Å². The predicted octanol–water partition coefficient (Wildman–Crippen LogP) is 6.38. The third kappa shape index (κ3) is 3.90. The van der Waals surface area contributed by atoms with Gasteiger partial charge in [0.15, 0.2) is 0 Å². The third-order valence-corrected chi connectivity index (χ3v) is 4.17. The molecule has 0 saturated carbocycles. The van der Waals surface area contributed by atoms with Crippen LogP contribution < -0.4 is 0 Å². The maximum absolute atomic E-state index is 13.2. The lowest BCUT2D eigenvalue weighted by Gasteiger charge is -2.15. The van der Waals surface area contributed by atoms with Gasteiger partial charge in [-0.1, -0.05) is 72.3 Å². The monoisotopic (exact) mass is 340 g/mol. The molecule has 3 aromatic rings. The van der Waals surface area contributed by atoms with Crippen LogP contribution in [0.2, 0.25) is 0 Å². The molecule has 0 atom stereocenters. The highest BCUT2D eigenvalue weighted by molar-refractivity contribution is 6.48. The minimum absolute atomic E-state index is 0.195. The zero-order valence-corrected chi connectivity index (χ0v) is 13.6. The van der Waals surface area contributed by atoms with Gasteiger partial charge in [0.2, 0.25) is 0 Å². The molecule has 3 rings (SSSR count). The second-order valence-electron chi connectivity index (χ2n) is 5.46. The molecule has 0 bridgehead atoms. The zero-order chi connectivity index (χ0) is 16.9. The van der Waals surface area contributed by atoms with E-state index in [9.17, 15) is 8.78 Å². The van der Waals surface area contributed by atoms with Gasteiger partial charge < -0.3 is 0 Å². The summed E-state index contributed by atoms with van der Waals surface area (Å²) in [5.41, 5.74) is 2.67. The van der Waals surface area contributed by atoms with E-state index >= 15 is 0 Å². The fourth-order valence-electron chi connectivity index (χ4n) is 2.57.